The molecule has 2 aromatic carbocycles. The second kappa shape index (κ2) is 8.83. The molecule has 3 rings (SSSR count). The molecule has 0 spiro atoms. The van der Waals surface area contributed by atoms with Gasteiger partial charge in [0, 0.05) is 52.4 Å². The lowest BCUT2D eigenvalue weighted by molar-refractivity contribution is -0.384. The van der Waals surface area contributed by atoms with Crippen LogP contribution in [0.5, 0.6) is 5.75 Å². The van der Waals surface area contributed by atoms with Crippen molar-refractivity contribution < 1.29 is 9.66 Å². The lowest BCUT2D eigenvalue weighted by Crippen LogP contribution is -2.45. The van der Waals surface area contributed by atoms with Crippen molar-refractivity contribution in [3.63, 3.8) is 0 Å². The molecule has 0 amide bonds. The molecular formula is C20H26N4O3. The Morgan fingerprint density at radius 1 is 1.04 bits per heavy atom. The summed E-state index contributed by atoms with van der Waals surface area (Å²) in [5.74, 6) is 0.887. The van der Waals surface area contributed by atoms with Crippen LogP contribution >= 0.6 is 0 Å². The summed E-state index contributed by atoms with van der Waals surface area (Å²) < 4.78 is 5.29. The smallest absolute Gasteiger partial charge is 0.292 e. The first kappa shape index (κ1) is 19.1. The van der Waals surface area contributed by atoms with E-state index in [1.807, 2.05) is 18.2 Å². The van der Waals surface area contributed by atoms with Crippen LogP contribution in [-0.4, -0.2) is 55.1 Å². The zero-order valence-electron chi connectivity index (χ0n) is 15.9. The number of piperazine rings is 1. The topological polar surface area (TPSA) is 70.9 Å². The molecule has 1 heterocycles. The van der Waals surface area contributed by atoms with Gasteiger partial charge in [0.15, 0.2) is 0 Å². The molecule has 7 heteroatoms. The van der Waals surface area contributed by atoms with Gasteiger partial charge in [-0.25, -0.2) is 0 Å². The fraction of sp³-hybridized carbons (Fsp3) is 0.400. The average molecular weight is 370 g/mol. The van der Waals surface area contributed by atoms with Crippen molar-refractivity contribution in [3.05, 3.63) is 63.7 Å². The number of nitrogens with zero attached hydrogens (tertiary/aromatic N) is 3. The van der Waals surface area contributed by atoms with Crippen LogP contribution in [0.25, 0.3) is 0 Å². The third kappa shape index (κ3) is 4.96. The zero-order chi connectivity index (χ0) is 19.2. The second-order valence-electron chi connectivity index (χ2n) is 6.76. The molecule has 0 saturated carbocycles. The maximum absolute atomic E-state index is 11.2. The predicted molar refractivity (Wildman–Crippen MR) is 106 cm³/mol. The Bertz CT molecular complexity index is 789. The molecule has 2 aromatic rings. The lowest BCUT2D eigenvalue weighted by Gasteiger charge is -2.34. The van der Waals surface area contributed by atoms with Crippen molar-refractivity contribution in [1.82, 2.24) is 9.80 Å². The monoisotopic (exact) mass is 370 g/mol. The van der Waals surface area contributed by atoms with Gasteiger partial charge < -0.3 is 10.1 Å². The number of rotatable bonds is 7. The van der Waals surface area contributed by atoms with E-state index in [0.29, 0.717) is 5.69 Å². The highest BCUT2D eigenvalue weighted by Crippen LogP contribution is 2.26. The first-order valence-corrected chi connectivity index (χ1v) is 9.12. The Hall–Kier alpha value is -2.64. The number of nitro groups is 1. The van der Waals surface area contributed by atoms with E-state index in [4.69, 9.17) is 4.74 Å². The summed E-state index contributed by atoms with van der Waals surface area (Å²) >= 11 is 0. The van der Waals surface area contributed by atoms with Crippen molar-refractivity contribution in [3.8, 4) is 5.75 Å². The van der Waals surface area contributed by atoms with E-state index in [9.17, 15) is 10.1 Å². The summed E-state index contributed by atoms with van der Waals surface area (Å²) in [6.45, 7) is 5.50. The Morgan fingerprint density at radius 3 is 2.22 bits per heavy atom. The number of anilines is 1. The van der Waals surface area contributed by atoms with E-state index in [0.717, 1.165) is 50.6 Å². The highest BCUT2D eigenvalue weighted by Gasteiger charge is 2.19. The zero-order valence-corrected chi connectivity index (χ0v) is 15.9. The number of benzene rings is 2. The van der Waals surface area contributed by atoms with Gasteiger partial charge in [-0.05, 0) is 29.3 Å². The van der Waals surface area contributed by atoms with Crippen LogP contribution in [0.15, 0.2) is 42.5 Å². The molecule has 1 aliphatic heterocycles. The molecule has 1 fully saturated rings. The quantitative estimate of drug-likeness (QED) is 0.597. The number of nitrogens with one attached hydrogen (secondary N) is 1. The van der Waals surface area contributed by atoms with Crippen LogP contribution in [-0.2, 0) is 13.1 Å². The number of hydrogen-bond acceptors (Lipinski definition) is 6. The predicted octanol–water partition coefficient (Wildman–Crippen LogP) is 2.96. The third-order valence-electron chi connectivity index (χ3n) is 4.94. The molecular weight excluding hydrogens is 344 g/mol. The van der Waals surface area contributed by atoms with E-state index >= 15 is 0 Å². The van der Waals surface area contributed by atoms with Gasteiger partial charge in [-0.1, -0.05) is 18.2 Å². The van der Waals surface area contributed by atoms with Gasteiger partial charge in [0.2, 0.25) is 0 Å². The summed E-state index contributed by atoms with van der Waals surface area (Å²) in [5, 5.41) is 14.1. The first-order valence-electron chi connectivity index (χ1n) is 9.12. The van der Waals surface area contributed by atoms with Crippen LogP contribution in [0.4, 0.5) is 11.4 Å². The summed E-state index contributed by atoms with van der Waals surface area (Å²) in [4.78, 5) is 15.7. The van der Waals surface area contributed by atoms with Crippen LogP contribution < -0.4 is 10.1 Å². The maximum atomic E-state index is 11.2. The van der Waals surface area contributed by atoms with Crippen molar-refractivity contribution >= 4 is 11.4 Å². The number of nitro benzene ring substituents is 1. The maximum Gasteiger partial charge on any atom is 0.292 e. The highest BCUT2D eigenvalue weighted by molar-refractivity contribution is 5.62. The molecule has 1 aliphatic rings. The fourth-order valence-corrected chi connectivity index (χ4v) is 3.43. The molecule has 0 bridgehead atoms. The van der Waals surface area contributed by atoms with Gasteiger partial charge in [-0.2, -0.15) is 0 Å². The number of hydrogen-bond donors (Lipinski definition) is 1. The minimum Gasteiger partial charge on any atom is -0.497 e. The molecule has 7 nitrogen and oxygen atoms in total. The van der Waals surface area contributed by atoms with Crippen molar-refractivity contribution in [2.24, 2.45) is 0 Å². The van der Waals surface area contributed by atoms with Crippen molar-refractivity contribution in [1.29, 1.82) is 0 Å². The lowest BCUT2D eigenvalue weighted by atomic mass is 10.1. The Kier molecular flexibility index (Phi) is 6.26. The molecule has 0 aliphatic carbocycles. The minimum absolute atomic E-state index is 0.131. The summed E-state index contributed by atoms with van der Waals surface area (Å²) in [7, 11) is 3.38. The largest absolute Gasteiger partial charge is 0.497 e. The number of ether oxygens (including phenoxy) is 1. The molecule has 144 valence electrons. The normalized spacial score (nSPS) is 15.5. The van der Waals surface area contributed by atoms with Crippen LogP contribution in [0.1, 0.15) is 11.1 Å². The van der Waals surface area contributed by atoms with Crippen molar-refractivity contribution in [2.45, 2.75) is 13.1 Å². The second-order valence-corrected chi connectivity index (χ2v) is 6.76. The summed E-state index contributed by atoms with van der Waals surface area (Å²) in [6, 6.07) is 13.6. The average Bonchev–Trinajstić information content (AvgIpc) is 2.69. The van der Waals surface area contributed by atoms with Gasteiger partial charge in [0.05, 0.1) is 12.0 Å². The Labute approximate surface area is 159 Å². The fourth-order valence-electron chi connectivity index (χ4n) is 3.43. The molecule has 0 unspecified atom stereocenters. The first-order chi connectivity index (χ1) is 13.1. The third-order valence-corrected chi connectivity index (χ3v) is 4.94. The summed E-state index contributed by atoms with van der Waals surface area (Å²) in [6.07, 6.45) is 0. The van der Waals surface area contributed by atoms with Crippen molar-refractivity contribution in [2.75, 3.05) is 45.7 Å². The molecule has 1 saturated heterocycles. The number of methoxy groups -OCH3 is 1. The van der Waals surface area contributed by atoms with Gasteiger partial charge >= 0.3 is 0 Å². The molecule has 0 atom stereocenters. The SMILES string of the molecule is CNc1ccc(CN2CCN(Cc3cccc(OC)c3)CC2)cc1[N+](=O)[O-]. The summed E-state index contributed by atoms with van der Waals surface area (Å²) in [5.41, 5.74) is 2.90. The van der Waals surface area contributed by atoms with E-state index < -0.39 is 0 Å². The van der Waals surface area contributed by atoms with E-state index in [-0.39, 0.29) is 10.6 Å². The van der Waals surface area contributed by atoms with E-state index in [2.05, 4.69) is 27.2 Å². The van der Waals surface area contributed by atoms with E-state index in [1.165, 1.54) is 5.56 Å². The van der Waals surface area contributed by atoms with Crippen LogP contribution in [0.2, 0.25) is 0 Å². The van der Waals surface area contributed by atoms with Gasteiger partial charge in [0.1, 0.15) is 11.4 Å². The highest BCUT2D eigenvalue weighted by atomic mass is 16.6. The van der Waals surface area contributed by atoms with Crippen LogP contribution in [0, 0.1) is 10.1 Å². The Balaban J connectivity index is 1.55. The molecule has 27 heavy (non-hydrogen) atoms. The van der Waals surface area contributed by atoms with Gasteiger partial charge in [0.25, 0.3) is 5.69 Å². The molecule has 0 radical (unpaired) electrons. The standard InChI is InChI=1S/C20H26N4O3/c1-21-19-7-6-17(13-20(19)24(25)26)15-23-10-8-22(9-11-23)14-16-4-3-5-18(12-16)27-2/h3-7,12-13,21H,8-11,14-15H2,1-2H3. The Morgan fingerprint density at radius 2 is 1.67 bits per heavy atom. The minimum atomic E-state index is -0.332. The molecule has 1 N–H and O–H groups in total. The van der Waals surface area contributed by atoms with Gasteiger partial charge in [-0.15, -0.1) is 0 Å². The van der Waals surface area contributed by atoms with E-state index in [1.54, 1.807) is 26.3 Å². The van der Waals surface area contributed by atoms with Gasteiger partial charge in [-0.3, -0.25) is 19.9 Å². The molecule has 0 aromatic heterocycles. The van der Waals surface area contributed by atoms with Crippen LogP contribution in [0.3, 0.4) is 0 Å².